The lowest BCUT2D eigenvalue weighted by Gasteiger charge is -2.36. The van der Waals surface area contributed by atoms with Crippen LogP contribution in [-0.2, 0) is 4.79 Å². The molecule has 0 bridgehead atoms. The van der Waals surface area contributed by atoms with Crippen LogP contribution in [0.3, 0.4) is 0 Å². The number of rotatable bonds is 3. The molecule has 0 aromatic heterocycles. The van der Waals surface area contributed by atoms with Crippen LogP contribution < -0.4 is 10.2 Å². The third kappa shape index (κ3) is 6.54. The van der Waals surface area contributed by atoms with Crippen LogP contribution in [0.5, 0.6) is 0 Å². The van der Waals surface area contributed by atoms with Gasteiger partial charge in [0, 0.05) is 50.4 Å². The number of piperazine rings is 1. The minimum atomic E-state index is 0.625. The zero-order valence-corrected chi connectivity index (χ0v) is 20.1. The van der Waals surface area contributed by atoms with Crippen LogP contribution in [0.15, 0.2) is 36.4 Å². The Labute approximate surface area is 197 Å². The predicted octanol–water partition coefficient (Wildman–Crippen LogP) is 3.24. The summed E-state index contributed by atoms with van der Waals surface area (Å²) in [4.78, 5) is 26.6. The lowest BCUT2D eigenvalue weighted by Crippen LogP contribution is -2.48. The van der Waals surface area contributed by atoms with Crippen molar-refractivity contribution in [2.75, 3.05) is 58.8 Å². The Balaban J connectivity index is 0.000000194. The zero-order chi connectivity index (χ0) is 23.8. The Bertz CT molecular complexity index is 972. The lowest BCUT2D eigenvalue weighted by atomic mass is 9.96. The Kier molecular flexibility index (Phi) is 8.44. The molecular formula is C26H37N5O2. The van der Waals surface area contributed by atoms with Gasteiger partial charge in [0.2, 0.25) is 6.41 Å². The molecule has 33 heavy (non-hydrogen) atoms. The molecule has 2 heterocycles. The highest BCUT2D eigenvalue weighted by molar-refractivity contribution is 5.98. The van der Waals surface area contributed by atoms with Gasteiger partial charge in [-0.1, -0.05) is 24.3 Å². The summed E-state index contributed by atoms with van der Waals surface area (Å²) < 4.78 is 0. The van der Waals surface area contributed by atoms with Crippen LogP contribution in [0, 0.1) is 10.8 Å². The second kappa shape index (κ2) is 11.3. The summed E-state index contributed by atoms with van der Waals surface area (Å²) in [6, 6.07) is 11.9. The van der Waals surface area contributed by atoms with Crippen molar-refractivity contribution in [3.63, 3.8) is 0 Å². The smallest absolute Gasteiger partial charge is 0.206 e. The van der Waals surface area contributed by atoms with Gasteiger partial charge < -0.3 is 20.0 Å². The van der Waals surface area contributed by atoms with Crippen molar-refractivity contribution in [1.29, 1.82) is 5.41 Å². The number of nitrogens with one attached hydrogen (secondary N) is 2. The number of anilines is 1. The van der Waals surface area contributed by atoms with Crippen molar-refractivity contribution in [3.8, 4) is 0 Å². The van der Waals surface area contributed by atoms with Crippen LogP contribution in [0.4, 0.5) is 5.69 Å². The lowest BCUT2D eigenvalue weighted by molar-refractivity contribution is -0.109. The van der Waals surface area contributed by atoms with Crippen molar-refractivity contribution in [2.45, 2.75) is 25.7 Å². The van der Waals surface area contributed by atoms with Crippen LogP contribution in [0.1, 0.15) is 36.0 Å². The number of hydrogen-bond donors (Lipinski definition) is 2. The Morgan fingerprint density at radius 3 is 2.36 bits per heavy atom. The highest BCUT2D eigenvalue weighted by Crippen LogP contribution is 2.51. The molecule has 178 valence electrons. The van der Waals surface area contributed by atoms with E-state index in [0.29, 0.717) is 24.4 Å². The number of nitrogens with zero attached hydrogens (tertiary/aromatic N) is 3. The first-order chi connectivity index (χ1) is 15.9. The predicted molar refractivity (Wildman–Crippen MR) is 135 cm³/mol. The van der Waals surface area contributed by atoms with Crippen LogP contribution in [0.25, 0.3) is 10.8 Å². The highest BCUT2D eigenvalue weighted by Gasteiger charge is 2.44. The number of amides is 1. The van der Waals surface area contributed by atoms with Gasteiger partial charge in [-0.3, -0.25) is 15.0 Å². The summed E-state index contributed by atoms with van der Waals surface area (Å²) in [7, 11) is 5.77. The topological polar surface area (TPSA) is 79.7 Å². The fourth-order valence-corrected chi connectivity index (χ4v) is 4.67. The minimum absolute atomic E-state index is 0.625. The van der Waals surface area contributed by atoms with E-state index in [9.17, 15) is 4.79 Å². The number of benzene rings is 2. The number of carbonyl (C=O) groups is 2. The van der Waals surface area contributed by atoms with Gasteiger partial charge in [-0.25, -0.2) is 0 Å². The number of piperidine rings is 1. The molecule has 7 nitrogen and oxygen atoms in total. The summed E-state index contributed by atoms with van der Waals surface area (Å²) in [6.45, 7) is 5.12. The maximum absolute atomic E-state index is 10.9. The van der Waals surface area contributed by atoms with Gasteiger partial charge in [-0.05, 0) is 62.2 Å². The summed E-state index contributed by atoms with van der Waals surface area (Å²) in [5.74, 6) is 0.637. The molecule has 2 aromatic carbocycles. The summed E-state index contributed by atoms with van der Waals surface area (Å²) >= 11 is 0. The summed E-state index contributed by atoms with van der Waals surface area (Å²) in [6.07, 6.45) is 7.47. The standard InChI is InChI=1S/C16H17N3O.C8H15N.C2H5NO/c1-18-7-8-19(10-16(18)17)15-4-2-3-13-9-12(11-20)5-6-14(13)15;1-9-6-2-3-8(7-9)4-5-8;1-3-2-4/h2-6,9,11,17H,7-8,10H2,1H3;2-7H2,1H3;2H,1H3,(H,3,4). The number of hydrogen-bond acceptors (Lipinski definition) is 5. The van der Waals surface area contributed by atoms with Gasteiger partial charge in [0.1, 0.15) is 12.1 Å². The van der Waals surface area contributed by atoms with E-state index < -0.39 is 0 Å². The van der Waals surface area contributed by atoms with Gasteiger partial charge in [-0.15, -0.1) is 0 Å². The maximum atomic E-state index is 10.9. The zero-order valence-electron chi connectivity index (χ0n) is 20.1. The normalized spacial score (nSPS) is 19.2. The average molecular weight is 452 g/mol. The van der Waals surface area contributed by atoms with Gasteiger partial charge in [-0.2, -0.15) is 0 Å². The van der Waals surface area contributed by atoms with E-state index >= 15 is 0 Å². The SMILES string of the molecule is CN1CCCC2(CC2)C1.CN1CCN(c2cccc3cc(C=O)ccc23)CC1=N.CNC=O. The molecule has 2 N–H and O–H groups in total. The van der Waals surface area contributed by atoms with E-state index in [1.807, 2.05) is 42.3 Å². The first kappa shape index (κ1) is 24.7. The number of amidine groups is 1. The summed E-state index contributed by atoms with van der Waals surface area (Å²) in [5, 5.41) is 12.4. The molecule has 1 amide bonds. The van der Waals surface area contributed by atoms with Crippen LogP contribution in [0.2, 0.25) is 0 Å². The third-order valence-corrected chi connectivity index (χ3v) is 6.79. The molecule has 0 radical (unpaired) electrons. The van der Waals surface area contributed by atoms with Crippen molar-refractivity contribution < 1.29 is 9.59 Å². The van der Waals surface area contributed by atoms with Gasteiger partial charge in [0.25, 0.3) is 0 Å². The first-order valence-corrected chi connectivity index (χ1v) is 11.7. The first-order valence-electron chi connectivity index (χ1n) is 11.7. The molecule has 2 aliphatic heterocycles. The molecule has 3 fully saturated rings. The van der Waals surface area contributed by atoms with E-state index in [2.05, 4.69) is 28.2 Å². The molecular weight excluding hydrogens is 414 g/mol. The Hall–Kier alpha value is -2.93. The molecule has 0 unspecified atom stereocenters. The van der Waals surface area contributed by atoms with E-state index in [0.717, 1.165) is 41.3 Å². The van der Waals surface area contributed by atoms with Crippen molar-refractivity contribution >= 4 is 35.0 Å². The Morgan fingerprint density at radius 1 is 1.03 bits per heavy atom. The molecule has 1 aliphatic carbocycles. The van der Waals surface area contributed by atoms with Gasteiger partial charge >= 0.3 is 0 Å². The molecule has 0 atom stereocenters. The number of likely N-dealkylation sites (N-methyl/N-ethyl adjacent to an activating group) is 1. The average Bonchev–Trinajstić information content (AvgIpc) is 3.58. The fourth-order valence-electron chi connectivity index (χ4n) is 4.67. The number of likely N-dealkylation sites (tertiary alicyclic amines) is 1. The monoisotopic (exact) mass is 451 g/mol. The molecule has 2 aromatic rings. The second-order valence-electron chi connectivity index (χ2n) is 9.41. The number of carbonyl (C=O) groups excluding carboxylic acids is 2. The molecule has 7 heteroatoms. The van der Waals surface area contributed by atoms with Crippen molar-refractivity contribution in [2.24, 2.45) is 5.41 Å². The molecule has 1 saturated carbocycles. The van der Waals surface area contributed by atoms with Crippen molar-refractivity contribution in [3.05, 3.63) is 42.0 Å². The van der Waals surface area contributed by atoms with Gasteiger partial charge in [0.15, 0.2) is 0 Å². The van der Waals surface area contributed by atoms with Crippen LogP contribution in [-0.4, -0.2) is 82.2 Å². The van der Waals surface area contributed by atoms with E-state index in [-0.39, 0.29) is 0 Å². The Morgan fingerprint density at radius 2 is 1.79 bits per heavy atom. The highest BCUT2D eigenvalue weighted by atomic mass is 16.1. The largest absolute Gasteiger partial charge is 0.362 e. The van der Waals surface area contributed by atoms with Crippen molar-refractivity contribution in [1.82, 2.24) is 15.1 Å². The van der Waals surface area contributed by atoms with E-state index in [1.54, 1.807) is 7.05 Å². The third-order valence-electron chi connectivity index (χ3n) is 6.79. The fraction of sp³-hybridized carbons (Fsp3) is 0.500. The van der Waals surface area contributed by atoms with E-state index in [1.165, 1.54) is 38.8 Å². The summed E-state index contributed by atoms with van der Waals surface area (Å²) in [5.41, 5.74) is 2.66. The minimum Gasteiger partial charge on any atom is -0.362 e. The molecule has 2 saturated heterocycles. The van der Waals surface area contributed by atoms with E-state index in [4.69, 9.17) is 10.2 Å². The second-order valence-corrected chi connectivity index (χ2v) is 9.41. The molecule has 1 spiro atoms. The molecule has 5 rings (SSSR count). The maximum Gasteiger partial charge on any atom is 0.206 e. The number of aldehydes is 1. The molecule has 3 aliphatic rings. The number of fused-ring (bicyclic) bond motifs is 1. The van der Waals surface area contributed by atoms with Crippen LogP contribution >= 0.6 is 0 Å². The quantitative estimate of drug-likeness (QED) is 0.701. The van der Waals surface area contributed by atoms with Gasteiger partial charge in [0.05, 0.1) is 6.54 Å².